The molecule has 6 heteroatoms. The molecule has 1 aromatic heterocycles. The van der Waals surface area contributed by atoms with Gasteiger partial charge in [0.1, 0.15) is 0 Å². The number of nitrogens with zero attached hydrogens (tertiary/aromatic N) is 3. The van der Waals surface area contributed by atoms with E-state index in [1.165, 1.54) is 0 Å². The molecule has 1 aromatic carbocycles. The summed E-state index contributed by atoms with van der Waals surface area (Å²) < 4.78 is 0. The van der Waals surface area contributed by atoms with Crippen LogP contribution in [0.3, 0.4) is 0 Å². The molecule has 2 amide bonds. The van der Waals surface area contributed by atoms with Gasteiger partial charge >= 0.3 is 0 Å². The third kappa shape index (κ3) is 4.26. The molecule has 0 radical (unpaired) electrons. The predicted molar refractivity (Wildman–Crippen MR) is 101 cm³/mol. The number of amides is 2. The number of benzene rings is 1. The number of para-hydroxylation sites is 1. The second kappa shape index (κ2) is 8.58. The van der Waals surface area contributed by atoms with E-state index in [0.717, 1.165) is 17.8 Å². The molecule has 2 aromatic rings. The zero-order chi connectivity index (χ0) is 18.4. The molecule has 1 unspecified atom stereocenters. The molecule has 1 saturated heterocycles. The number of rotatable bonds is 7. The lowest BCUT2D eigenvalue weighted by Crippen LogP contribution is -2.46. The Hall–Kier alpha value is -2.73. The van der Waals surface area contributed by atoms with Gasteiger partial charge in [0.2, 0.25) is 11.8 Å². The van der Waals surface area contributed by atoms with Crippen molar-refractivity contribution in [3.8, 4) is 0 Å². The summed E-state index contributed by atoms with van der Waals surface area (Å²) in [4.78, 5) is 33.0. The van der Waals surface area contributed by atoms with Gasteiger partial charge in [0.25, 0.3) is 0 Å². The highest BCUT2D eigenvalue weighted by atomic mass is 16.2. The van der Waals surface area contributed by atoms with Gasteiger partial charge < -0.3 is 10.2 Å². The summed E-state index contributed by atoms with van der Waals surface area (Å²) in [6.07, 6.45) is 2.43. The highest BCUT2D eigenvalue weighted by molar-refractivity contribution is 5.99. The first-order valence-corrected chi connectivity index (χ1v) is 8.96. The van der Waals surface area contributed by atoms with Gasteiger partial charge in [0, 0.05) is 18.4 Å². The molecule has 0 aliphatic carbocycles. The molecular formula is C20H24N4O2. The SMILES string of the molecule is CCN(CC(=O)NCc1ccccn1)C1CCN(c2ccccc2)C1=O. The van der Waals surface area contributed by atoms with E-state index >= 15 is 0 Å². The predicted octanol–water partition coefficient (Wildman–Crippen LogP) is 1.83. The van der Waals surface area contributed by atoms with Crippen molar-refractivity contribution in [2.75, 3.05) is 24.5 Å². The van der Waals surface area contributed by atoms with Gasteiger partial charge in [-0.3, -0.25) is 19.5 Å². The number of anilines is 1. The van der Waals surface area contributed by atoms with Crippen LogP contribution in [0.5, 0.6) is 0 Å². The first-order chi connectivity index (χ1) is 12.7. The minimum absolute atomic E-state index is 0.0653. The fourth-order valence-electron chi connectivity index (χ4n) is 3.24. The Balaban J connectivity index is 1.57. The van der Waals surface area contributed by atoms with Gasteiger partial charge in [-0.25, -0.2) is 0 Å². The minimum Gasteiger partial charge on any atom is -0.349 e. The number of carbonyl (C=O) groups is 2. The maximum absolute atomic E-state index is 12.8. The van der Waals surface area contributed by atoms with Gasteiger partial charge in [-0.05, 0) is 37.2 Å². The normalized spacial score (nSPS) is 16.9. The molecule has 1 atom stereocenters. The van der Waals surface area contributed by atoms with Crippen molar-refractivity contribution in [1.82, 2.24) is 15.2 Å². The lowest BCUT2D eigenvalue weighted by atomic mass is 10.2. The van der Waals surface area contributed by atoms with Crippen LogP contribution in [0.4, 0.5) is 5.69 Å². The number of hydrogen-bond acceptors (Lipinski definition) is 4. The molecule has 6 nitrogen and oxygen atoms in total. The molecule has 1 fully saturated rings. The molecule has 0 bridgehead atoms. The Labute approximate surface area is 153 Å². The molecule has 0 spiro atoms. The monoisotopic (exact) mass is 352 g/mol. The van der Waals surface area contributed by atoms with E-state index in [1.54, 1.807) is 11.1 Å². The summed E-state index contributed by atoms with van der Waals surface area (Å²) >= 11 is 0. The quantitative estimate of drug-likeness (QED) is 0.826. The molecule has 0 saturated carbocycles. The molecule has 26 heavy (non-hydrogen) atoms. The lowest BCUT2D eigenvalue weighted by molar-refractivity contribution is -0.125. The number of nitrogens with one attached hydrogen (secondary N) is 1. The van der Waals surface area contributed by atoms with Crippen LogP contribution in [-0.4, -0.2) is 47.4 Å². The summed E-state index contributed by atoms with van der Waals surface area (Å²) in [5.41, 5.74) is 1.73. The topological polar surface area (TPSA) is 65.5 Å². The Kier molecular flexibility index (Phi) is 5.96. The van der Waals surface area contributed by atoms with Crippen molar-refractivity contribution in [3.05, 3.63) is 60.4 Å². The molecule has 1 N–H and O–H groups in total. The second-order valence-electron chi connectivity index (χ2n) is 6.29. The molecule has 2 heterocycles. The number of carbonyl (C=O) groups excluding carboxylic acids is 2. The van der Waals surface area contributed by atoms with E-state index in [4.69, 9.17) is 0 Å². The van der Waals surface area contributed by atoms with Crippen molar-refractivity contribution in [1.29, 1.82) is 0 Å². The van der Waals surface area contributed by atoms with Crippen LogP contribution in [0.2, 0.25) is 0 Å². The van der Waals surface area contributed by atoms with Gasteiger partial charge in [0.15, 0.2) is 0 Å². The first-order valence-electron chi connectivity index (χ1n) is 8.96. The largest absolute Gasteiger partial charge is 0.349 e. The molecule has 1 aliphatic heterocycles. The summed E-state index contributed by atoms with van der Waals surface area (Å²) in [6, 6.07) is 15.0. The fourth-order valence-corrected chi connectivity index (χ4v) is 3.24. The summed E-state index contributed by atoms with van der Waals surface area (Å²) in [5, 5.41) is 2.88. The Morgan fingerprint density at radius 1 is 1.23 bits per heavy atom. The van der Waals surface area contributed by atoms with E-state index in [2.05, 4.69) is 10.3 Å². The zero-order valence-electron chi connectivity index (χ0n) is 15.0. The van der Waals surface area contributed by atoms with Crippen LogP contribution in [0, 0.1) is 0 Å². The smallest absolute Gasteiger partial charge is 0.244 e. The van der Waals surface area contributed by atoms with Crippen LogP contribution in [-0.2, 0) is 16.1 Å². The van der Waals surface area contributed by atoms with Crippen LogP contribution in [0.25, 0.3) is 0 Å². The lowest BCUT2D eigenvalue weighted by Gasteiger charge is -2.26. The molecular weight excluding hydrogens is 328 g/mol. The average molecular weight is 352 g/mol. The van der Waals surface area contributed by atoms with Crippen molar-refractivity contribution in [2.45, 2.75) is 25.9 Å². The molecule has 136 valence electrons. The Bertz CT molecular complexity index is 736. The van der Waals surface area contributed by atoms with Crippen LogP contribution < -0.4 is 10.2 Å². The maximum atomic E-state index is 12.8. The second-order valence-corrected chi connectivity index (χ2v) is 6.29. The van der Waals surface area contributed by atoms with Crippen molar-refractivity contribution >= 4 is 17.5 Å². The van der Waals surface area contributed by atoms with Gasteiger partial charge in [-0.1, -0.05) is 31.2 Å². The van der Waals surface area contributed by atoms with E-state index in [9.17, 15) is 9.59 Å². The zero-order valence-corrected chi connectivity index (χ0v) is 15.0. The van der Waals surface area contributed by atoms with Crippen molar-refractivity contribution in [3.63, 3.8) is 0 Å². The van der Waals surface area contributed by atoms with E-state index < -0.39 is 0 Å². The number of aromatic nitrogens is 1. The van der Waals surface area contributed by atoms with Crippen LogP contribution >= 0.6 is 0 Å². The van der Waals surface area contributed by atoms with Crippen LogP contribution in [0.1, 0.15) is 19.0 Å². The number of hydrogen-bond donors (Lipinski definition) is 1. The third-order valence-electron chi connectivity index (χ3n) is 4.63. The Morgan fingerprint density at radius 2 is 2.00 bits per heavy atom. The molecule has 1 aliphatic rings. The number of pyridine rings is 1. The van der Waals surface area contributed by atoms with Crippen molar-refractivity contribution in [2.24, 2.45) is 0 Å². The highest BCUT2D eigenvalue weighted by Gasteiger charge is 2.36. The molecule has 3 rings (SSSR count). The van der Waals surface area contributed by atoms with E-state index in [0.29, 0.717) is 19.6 Å². The highest BCUT2D eigenvalue weighted by Crippen LogP contribution is 2.24. The first kappa shape index (κ1) is 18.1. The maximum Gasteiger partial charge on any atom is 0.244 e. The summed E-state index contributed by atoms with van der Waals surface area (Å²) in [5.74, 6) is -0.0287. The van der Waals surface area contributed by atoms with Gasteiger partial charge in [-0.2, -0.15) is 0 Å². The standard InChI is InChI=1S/C20H24N4O2/c1-2-23(15-19(25)22-14-16-8-6-7-12-21-16)18-11-13-24(20(18)26)17-9-4-3-5-10-17/h3-10,12,18H,2,11,13-15H2,1H3,(H,22,25). The number of likely N-dealkylation sites (N-methyl/N-ethyl adjacent to an activating group) is 1. The van der Waals surface area contributed by atoms with Crippen molar-refractivity contribution < 1.29 is 9.59 Å². The van der Waals surface area contributed by atoms with Gasteiger partial charge in [-0.15, -0.1) is 0 Å². The Morgan fingerprint density at radius 3 is 2.69 bits per heavy atom. The minimum atomic E-state index is -0.249. The van der Waals surface area contributed by atoms with Gasteiger partial charge in [0.05, 0.1) is 24.8 Å². The van der Waals surface area contributed by atoms with Crippen LogP contribution in [0.15, 0.2) is 54.7 Å². The average Bonchev–Trinajstić information content (AvgIpc) is 3.07. The summed E-state index contributed by atoms with van der Waals surface area (Å²) in [7, 11) is 0. The third-order valence-corrected chi connectivity index (χ3v) is 4.63. The van der Waals surface area contributed by atoms with E-state index in [1.807, 2.05) is 60.4 Å². The summed E-state index contributed by atoms with van der Waals surface area (Å²) in [6.45, 7) is 3.91. The van der Waals surface area contributed by atoms with E-state index in [-0.39, 0.29) is 24.4 Å². The fraction of sp³-hybridized carbons (Fsp3) is 0.350.